The van der Waals surface area contributed by atoms with Gasteiger partial charge in [-0.25, -0.2) is 4.98 Å². The van der Waals surface area contributed by atoms with Gasteiger partial charge in [0.2, 0.25) is 0 Å². The molecular formula is C17H20BrN5O. The zero-order valence-corrected chi connectivity index (χ0v) is 15.3. The Morgan fingerprint density at radius 3 is 2.83 bits per heavy atom. The number of halogens is 1. The fraction of sp³-hybridized carbons (Fsp3) is 0.294. The normalized spacial score (nSPS) is 11.3. The minimum atomic E-state index is 0.212. The second-order valence-corrected chi connectivity index (χ2v) is 6.71. The highest BCUT2D eigenvalue weighted by Crippen LogP contribution is 2.30. The third-order valence-electron chi connectivity index (χ3n) is 3.70. The molecule has 126 valence electrons. The van der Waals surface area contributed by atoms with E-state index in [1.807, 2.05) is 18.2 Å². The molecular weight excluding hydrogens is 370 g/mol. The van der Waals surface area contributed by atoms with Crippen molar-refractivity contribution in [1.29, 1.82) is 0 Å². The molecule has 0 aliphatic rings. The smallest absolute Gasteiger partial charge is 0.172 e. The maximum Gasteiger partial charge on any atom is 0.172 e. The molecule has 2 N–H and O–H groups in total. The van der Waals surface area contributed by atoms with Gasteiger partial charge in [0.25, 0.3) is 0 Å². The van der Waals surface area contributed by atoms with Crippen molar-refractivity contribution in [1.82, 2.24) is 19.5 Å². The molecule has 0 aliphatic heterocycles. The summed E-state index contributed by atoms with van der Waals surface area (Å²) in [6, 6.07) is 9.12. The molecule has 2 aromatic heterocycles. The zero-order valence-electron chi connectivity index (χ0n) is 13.7. The van der Waals surface area contributed by atoms with Crippen LogP contribution in [0.1, 0.15) is 6.42 Å². The lowest BCUT2D eigenvalue weighted by Gasteiger charge is -2.13. The standard InChI is InChI=1S/C17H20BrN5O/c1-22(2)9-5-8-19-16-10-14(12-6-3-4-7-15(12)24)21-17-13(18)11-20-23(16)17/h3-4,6-7,10-11,19,24H,5,8-9H2,1-2H3. The highest BCUT2D eigenvalue weighted by molar-refractivity contribution is 9.10. The van der Waals surface area contributed by atoms with Crippen molar-refractivity contribution in [3.63, 3.8) is 0 Å². The summed E-state index contributed by atoms with van der Waals surface area (Å²) in [6.07, 6.45) is 2.74. The number of phenolic OH excluding ortho intramolecular Hbond substituents is 1. The fourth-order valence-electron chi connectivity index (χ4n) is 2.50. The van der Waals surface area contributed by atoms with E-state index in [1.54, 1.807) is 22.8 Å². The van der Waals surface area contributed by atoms with Gasteiger partial charge in [-0.3, -0.25) is 0 Å². The molecule has 0 fully saturated rings. The number of phenols is 1. The Hall–Kier alpha value is -2.12. The number of rotatable bonds is 6. The van der Waals surface area contributed by atoms with Crippen LogP contribution in [0.15, 0.2) is 41.0 Å². The summed E-state index contributed by atoms with van der Waals surface area (Å²) in [4.78, 5) is 6.78. The van der Waals surface area contributed by atoms with Gasteiger partial charge in [0.1, 0.15) is 11.6 Å². The highest BCUT2D eigenvalue weighted by atomic mass is 79.9. The maximum atomic E-state index is 10.1. The van der Waals surface area contributed by atoms with Crippen LogP contribution in [0.3, 0.4) is 0 Å². The SMILES string of the molecule is CN(C)CCCNc1cc(-c2ccccc2O)nc2c(Br)cnn12. The van der Waals surface area contributed by atoms with Gasteiger partial charge in [0.15, 0.2) is 5.65 Å². The lowest BCUT2D eigenvalue weighted by Crippen LogP contribution is -2.17. The number of benzene rings is 1. The molecule has 1 aromatic carbocycles. The summed E-state index contributed by atoms with van der Waals surface area (Å²) in [5.41, 5.74) is 2.12. The van der Waals surface area contributed by atoms with E-state index < -0.39 is 0 Å². The number of fused-ring (bicyclic) bond motifs is 1. The van der Waals surface area contributed by atoms with Gasteiger partial charge in [0, 0.05) is 18.2 Å². The molecule has 3 aromatic rings. The number of anilines is 1. The number of nitrogens with zero attached hydrogens (tertiary/aromatic N) is 4. The van der Waals surface area contributed by atoms with Crippen molar-refractivity contribution >= 4 is 27.4 Å². The van der Waals surface area contributed by atoms with Crippen LogP contribution in [0.4, 0.5) is 5.82 Å². The number of aromatic hydroxyl groups is 1. The van der Waals surface area contributed by atoms with Crippen LogP contribution in [0.5, 0.6) is 5.75 Å². The summed E-state index contributed by atoms with van der Waals surface area (Å²) >= 11 is 3.48. The second kappa shape index (κ2) is 7.19. The summed E-state index contributed by atoms with van der Waals surface area (Å²) < 4.78 is 2.58. The van der Waals surface area contributed by atoms with E-state index in [0.29, 0.717) is 16.9 Å². The van der Waals surface area contributed by atoms with Gasteiger partial charge < -0.3 is 15.3 Å². The van der Waals surface area contributed by atoms with Crippen LogP contribution in [-0.2, 0) is 0 Å². The van der Waals surface area contributed by atoms with Crippen LogP contribution in [-0.4, -0.2) is 51.8 Å². The van der Waals surface area contributed by atoms with E-state index in [9.17, 15) is 5.11 Å². The molecule has 0 bridgehead atoms. The van der Waals surface area contributed by atoms with Crippen molar-refractivity contribution in [2.24, 2.45) is 0 Å². The third-order valence-corrected chi connectivity index (χ3v) is 4.26. The van der Waals surface area contributed by atoms with E-state index in [1.165, 1.54) is 0 Å². The molecule has 0 saturated carbocycles. The summed E-state index contributed by atoms with van der Waals surface area (Å²) in [5, 5.41) is 17.9. The van der Waals surface area contributed by atoms with Crippen molar-refractivity contribution in [2.75, 3.05) is 32.5 Å². The molecule has 0 radical (unpaired) electrons. The van der Waals surface area contributed by atoms with Crippen molar-refractivity contribution in [3.05, 3.63) is 41.0 Å². The monoisotopic (exact) mass is 389 g/mol. The number of hydrogen-bond donors (Lipinski definition) is 2. The van der Waals surface area contributed by atoms with E-state index in [-0.39, 0.29) is 5.75 Å². The molecule has 3 rings (SSSR count). The molecule has 0 unspecified atom stereocenters. The number of hydrogen-bond acceptors (Lipinski definition) is 5. The van der Waals surface area contributed by atoms with Crippen LogP contribution >= 0.6 is 15.9 Å². The van der Waals surface area contributed by atoms with Crippen molar-refractivity contribution < 1.29 is 5.11 Å². The Morgan fingerprint density at radius 1 is 1.29 bits per heavy atom. The van der Waals surface area contributed by atoms with Gasteiger partial charge >= 0.3 is 0 Å². The number of nitrogens with one attached hydrogen (secondary N) is 1. The Bertz CT molecular complexity index is 846. The van der Waals surface area contributed by atoms with Crippen LogP contribution < -0.4 is 5.32 Å². The quantitative estimate of drug-likeness (QED) is 0.633. The van der Waals surface area contributed by atoms with Gasteiger partial charge in [-0.2, -0.15) is 9.61 Å². The van der Waals surface area contributed by atoms with Gasteiger partial charge in [0.05, 0.1) is 16.4 Å². The Labute approximate surface area is 149 Å². The average molecular weight is 390 g/mol. The van der Waals surface area contributed by atoms with Gasteiger partial charge in [-0.1, -0.05) is 12.1 Å². The van der Waals surface area contributed by atoms with E-state index in [2.05, 4.69) is 50.3 Å². The minimum absolute atomic E-state index is 0.212. The molecule has 2 heterocycles. The molecule has 6 nitrogen and oxygen atoms in total. The lowest BCUT2D eigenvalue weighted by molar-refractivity contribution is 0.405. The zero-order chi connectivity index (χ0) is 17.1. The largest absolute Gasteiger partial charge is 0.507 e. The molecule has 0 atom stereocenters. The Kier molecular flexibility index (Phi) is 5.01. The first-order chi connectivity index (χ1) is 11.6. The molecule has 24 heavy (non-hydrogen) atoms. The molecule has 0 saturated heterocycles. The molecule has 0 aliphatic carbocycles. The predicted molar refractivity (Wildman–Crippen MR) is 99.4 cm³/mol. The first kappa shape index (κ1) is 16.7. The van der Waals surface area contributed by atoms with Gasteiger partial charge in [-0.05, 0) is 55.1 Å². The second-order valence-electron chi connectivity index (χ2n) is 5.86. The average Bonchev–Trinajstić information content (AvgIpc) is 2.93. The number of para-hydroxylation sites is 1. The highest BCUT2D eigenvalue weighted by Gasteiger charge is 2.13. The van der Waals surface area contributed by atoms with E-state index in [0.717, 1.165) is 29.8 Å². The Morgan fingerprint density at radius 2 is 2.08 bits per heavy atom. The van der Waals surface area contributed by atoms with Crippen molar-refractivity contribution in [3.8, 4) is 17.0 Å². The maximum absolute atomic E-state index is 10.1. The number of aromatic nitrogens is 3. The van der Waals surface area contributed by atoms with E-state index in [4.69, 9.17) is 0 Å². The third kappa shape index (κ3) is 3.52. The van der Waals surface area contributed by atoms with Gasteiger partial charge in [-0.15, -0.1) is 0 Å². The van der Waals surface area contributed by atoms with Crippen molar-refractivity contribution in [2.45, 2.75) is 6.42 Å². The molecule has 0 spiro atoms. The topological polar surface area (TPSA) is 65.7 Å². The summed E-state index contributed by atoms with van der Waals surface area (Å²) in [5.74, 6) is 1.06. The fourth-order valence-corrected chi connectivity index (χ4v) is 2.85. The Balaban J connectivity index is 1.96. The van der Waals surface area contributed by atoms with E-state index >= 15 is 0 Å². The first-order valence-corrected chi connectivity index (χ1v) is 8.57. The molecule has 7 heteroatoms. The van der Waals surface area contributed by atoms with Crippen LogP contribution in [0.2, 0.25) is 0 Å². The predicted octanol–water partition coefficient (Wildman–Crippen LogP) is 3.23. The summed E-state index contributed by atoms with van der Waals surface area (Å²) in [6.45, 7) is 1.84. The minimum Gasteiger partial charge on any atom is -0.507 e. The summed E-state index contributed by atoms with van der Waals surface area (Å²) in [7, 11) is 4.12. The van der Waals surface area contributed by atoms with Crippen LogP contribution in [0, 0.1) is 0 Å². The van der Waals surface area contributed by atoms with Crippen LogP contribution in [0.25, 0.3) is 16.9 Å². The lowest BCUT2D eigenvalue weighted by atomic mass is 10.1. The molecule has 0 amide bonds. The first-order valence-electron chi connectivity index (χ1n) is 7.77.